The highest BCUT2D eigenvalue weighted by Gasteiger charge is 2.39. The monoisotopic (exact) mass is 489 g/mol. The first-order chi connectivity index (χ1) is 15.9. The van der Waals surface area contributed by atoms with E-state index >= 15 is 0 Å². The zero-order valence-electron chi connectivity index (χ0n) is 21.3. The Morgan fingerprint density at radius 1 is 0.818 bits per heavy atom. The van der Waals surface area contributed by atoms with Crippen LogP contribution in [0.1, 0.15) is 91.9 Å². The Kier molecular flexibility index (Phi) is 20.2. The number of carbonyl (C=O) groups is 2. The Balaban J connectivity index is 3.61. The quantitative estimate of drug-likeness (QED) is 0.114. The summed E-state index contributed by atoms with van der Waals surface area (Å²) >= 11 is 0. The Morgan fingerprint density at radius 2 is 1.30 bits per heavy atom. The van der Waals surface area contributed by atoms with Gasteiger partial charge in [0, 0.05) is 38.0 Å². The second kappa shape index (κ2) is 21.1. The van der Waals surface area contributed by atoms with Crippen LogP contribution in [0.25, 0.3) is 0 Å². The molecule has 0 saturated carbocycles. The Morgan fingerprint density at radius 3 is 1.79 bits per heavy atom. The van der Waals surface area contributed by atoms with Gasteiger partial charge in [-0.1, -0.05) is 51.0 Å². The normalized spacial score (nSPS) is 12.1. The number of hydrogen-bond donors (Lipinski definition) is 2. The largest absolute Gasteiger partial charge is 0.500 e. The van der Waals surface area contributed by atoms with Crippen LogP contribution in [0.2, 0.25) is 6.04 Å². The zero-order valence-corrected chi connectivity index (χ0v) is 22.3. The van der Waals surface area contributed by atoms with Crippen molar-refractivity contribution in [3.05, 3.63) is 11.6 Å². The molecule has 0 aromatic heterocycles. The van der Waals surface area contributed by atoms with Gasteiger partial charge in [-0.05, 0) is 47.0 Å². The van der Waals surface area contributed by atoms with Crippen molar-refractivity contribution in [2.45, 2.75) is 97.9 Å². The number of carboxylic acids is 1. The molecule has 0 unspecified atom stereocenters. The number of nitrogens with one attached hydrogen (secondary N) is 1. The van der Waals surface area contributed by atoms with E-state index in [1.807, 2.05) is 20.8 Å². The zero-order chi connectivity index (χ0) is 24.8. The van der Waals surface area contributed by atoms with E-state index in [9.17, 15) is 9.59 Å². The van der Waals surface area contributed by atoms with Gasteiger partial charge in [-0.25, -0.2) is 9.59 Å². The van der Waals surface area contributed by atoms with Gasteiger partial charge in [0.1, 0.15) is 0 Å². The van der Waals surface area contributed by atoms with Gasteiger partial charge in [0.05, 0.1) is 6.61 Å². The molecule has 0 radical (unpaired) electrons. The van der Waals surface area contributed by atoms with Crippen LogP contribution in [0.15, 0.2) is 11.6 Å². The Hall–Kier alpha value is -1.42. The summed E-state index contributed by atoms with van der Waals surface area (Å²) < 4.78 is 22.8. The van der Waals surface area contributed by atoms with Crippen LogP contribution < -0.4 is 5.32 Å². The molecule has 0 heterocycles. The molecule has 2 N–H and O–H groups in total. The minimum Gasteiger partial charge on any atom is -0.478 e. The summed E-state index contributed by atoms with van der Waals surface area (Å²) in [7, 11) is -2.48. The predicted octanol–water partition coefficient (Wildman–Crippen LogP) is 5.69. The lowest BCUT2D eigenvalue weighted by Gasteiger charge is -2.28. The van der Waals surface area contributed by atoms with Crippen LogP contribution in [0, 0.1) is 0 Å². The first-order valence-electron chi connectivity index (χ1n) is 12.6. The highest BCUT2D eigenvalue weighted by molar-refractivity contribution is 6.60. The molecule has 0 aliphatic carbocycles. The maximum Gasteiger partial charge on any atom is 0.500 e. The van der Waals surface area contributed by atoms with E-state index < -0.39 is 20.9 Å². The summed E-state index contributed by atoms with van der Waals surface area (Å²) in [6.07, 6.45) is 11.8. The van der Waals surface area contributed by atoms with Crippen LogP contribution in [0.3, 0.4) is 0 Å². The van der Waals surface area contributed by atoms with Gasteiger partial charge < -0.3 is 28.4 Å². The SMILES string of the molecule is CCO[Si](CCCCCCCCCCCOC(=O)NCCC=C(C)C(=O)O)(OCC)OCC. The number of aliphatic carboxylic acids is 1. The topological polar surface area (TPSA) is 103 Å². The van der Waals surface area contributed by atoms with E-state index in [0.717, 1.165) is 31.7 Å². The van der Waals surface area contributed by atoms with Gasteiger partial charge in [-0.2, -0.15) is 0 Å². The van der Waals surface area contributed by atoms with E-state index in [1.54, 1.807) is 6.08 Å². The van der Waals surface area contributed by atoms with Crippen molar-refractivity contribution in [3.8, 4) is 0 Å². The summed E-state index contributed by atoms with van der Waals surface area (Å²) in [5.74, 6) is -0.942. The minimum atomic E-state index is -2.48. The van der Waals surface area contributed by atoms with E-state index in [2.05, 4.69) is 5.32 Å². The number of hydrogen-bond acceptors (Lipinski definition) is 6. The molecule has 1 amide bonds. The molecule has 0 fully saturated rings. The standard InChI is InChI=1S/C24H47NO7Si/c1-5-30-33(31-6-2,32-7-3)21-16-14-12-10-8-9-11-13-15-20-29-24(28)25-19-17-18-22(4)23(26)27/h18H,5-17,19-21H2,1-4H3,(H,25,28)(H,26,27). The van der Waals surface area contributed by atoms with Gasteiger partial charge >= 0.3 is 20.9 Å². The summed E-state index contributed by atoms with van der Waals surface area (Å²) in [5.41, 5.74) is 0.276. The van der Waals surface area contributed by atoms with Crippen molar-refractivity contribution in [1.82, 2.24) is 5.32 Å². The minimum absolute atomic E-state index is 0.276. The van der Waals surface area contributed by atoms with Gasteiger partial charge in [0.25, 0.3) is 0 Å². The maximum atomic E-state index is 11.6. The predicted molar refractivity (Wildman–Crippen MR) is 132 cm³/mol. The molecule has 0 rings (SSSR count). The fourth-order valence-corrected chi connectivity index (χ4v) is 6.13. The first-order valence-corrected chi connectivity index (χ1v) is 14.6. The fraction of sp³-hybridized carbons (Fsp3) is 0.833. The molecule has 0 saturated heterocycles. The lowest BCUT2D eigenvalue weighted by molar-refractivity contribution is -0.132. The molecule has 0 aromatic carbocycles. The fourth-order valence-electron chi connectivity index (χ4n) is 3.45. The van der Waals surface area contributed by atoms with Crippen molar-refractivity contribution in [3.63, 3.8) is 0 Å². The van der Waals surface area contributed by atoms with E-state index in [1.165, 1.54) is 39.0 Å². The number of unbranched alkanes of at least 4 members (excludes halogenated alkanes) is 8. The third-order valence-electron chi connectivity index (χ3n) is 5.15. The Bertz CT molecular complexity index is 526. The Labute approximate surface area is 201 Å². The number of carboxylic acid groups (broad SMARTS) is 1. The van der Waals surface area contributed by atoms with Crippen molar-refractivity contribution in [2.75, 3.05) is 33.0 Å². The molecule has 0 aliphatic heterocycles. The van der Waals surface area contributed by atoms with Crippen LogP contribution in [0.4, 0.5) is 4.79 Å². The average molecular weight is 490 g/mol. The van der Waals surface area contributed by atoms with E-state index in [0.29, 0.717) is 39.4 Å². The smallest absolute Gasteiger partial charge is 0.478 e. The molecule has 0 atom stereocenters. The van der Waals surface area contributed by atoms with Crippen molar-refractivity contribution in [1.29, 1.82) is 0 Å². The number of amides is 1. The number of alkyl carbamates (subject to hydrolysis) is 1. The molecule has 0 aromatic rings. The maximum absolute atomic E-state index is 11.6. The van der Waals surface area contributed by atoms with Crippen LogP contribution in [-0.4, -0.2) is 58.9 Å². The number of rotatable bonds is 22. The second-order valence-electron chi connectivity index (χ2n) is 7.96. The average Bonchev–Trinajstić information content (AvgIpc) is 2.77. The second-order valence-corrected chi connectivity index (χ2v) is 10.7. The van der Waals surface area contributed by atoms with Crippen molar-refractivity contribution in [2.24, 2.45) is 0 Å². The molecule has 8 nitrogen and oxygen atoms in total. The summed E-state index contributed by atoms with van der Waals surface area (Å²) in [5, 5.41) is 11.4. The molecule has 33 heavy (non-hydrogen) atoms. The third kappa shape index (κ3) is 17.7. The van der Waals surface area contributed by atoms with Crippen molar-refractivity contribution >= 4 is 20.9 Å². The molecule has 0 spiro atoms. The molecule has 0 aliphatic rings. The van der Waals surface area contributed by atoms with Crippen LogP contribution >= 0.6 is 0 Å². The molecule has 9 heteroatoms. The van der Waals surface area contributed by atoms with Gasteiger partial charge in [0.15, 0.2) is 0 Å². The highest BCUT2D eigenvalue weighted by Crippen LogP contribution is 2.21. The lowest BCUT2D eigenvalue weighted by Crippen LogP contribution is -2.45. The summed E-state index contributed by atoms with van der Waals surface area (Å²) in [6.45, 7) is 10.2. The summed E-state index contributed by atoms with van der Waals surface area (Å²) in [4.78, 5) is 22.2. The third-order valence-corrected chi connectivity index (χ3v) is 8.31. The molecular weight excluding hydrogens is 442 g/mol. The van der Waals surface area contributed by atoms with Crippen molar-refractivity contribution < 1.29 is 32.7 Å². The molecular formula is C24H47NO7Si. The lowest BCUT2D eigenvalue weighted by atomic mass is 10.1. The van der Waals surface area contributed by atoms with E-state index in [-0.39, 0.29) is 5.57 Å². The van der Waals surface area contributed by atoms with Gasteiger partial charge in [-0.3, -0.25) is 0 Å². The van der Waals surface area contributed by atoms with Crippen LogP contribution in [0.5, 0.6) is 0 Å². The van der Waals surface area contributed by atoms with Gasteiger partial charge in [0.2, 0.25) is 0 Å². The van der Waals surface area contributed by atoms with Crippen LogP contribution in [-0.2, 0) is 22.8 Å². The number of ether oxygens (including phenoxy) is 1. The van der Waals surface area contributed by atoms with Gasteiger partial charge in [-0.15, -0.1) is 0 Å². The highest BCUT2D eigenvalue weighted by atomic mass is 28.4. The van der Waals surface area contributed by atoms with E-state index in [4.69, 9.17) is 23.1 Å². The number of carbonyl (C=O) groups excluding carboxylic acids is 1. The summed E-state index contributed by atoms with van der Waals surface area (Å²) in [6, 6.07) is 0.898. The molecule has 0 bridgehead atoms. The molecule has 194 valence electrons. The first kappa shape index (κ1) is 31.6.